The molecule has 1 aliphatic carbocycles. The molecule has 0 unspecified atom stereocenters. The highest BCUT2D eigenvalue weighted by molar-refractivity contribution is 5.97. The van der Waals surface area contributed by atoms with Crippen molar-refractivity contribution in [2.24, 2.45) is 0 Å². The Morgan fingerprint density at radius 2 is 2.05 bits per heavy atom. The van der Waals surface area contributed by atoms with Crippen LogP contribution in [0.5, 0.6) is 5.88 Å². The highest BCUT2D eigenvalue weighted by Gasteiger charge is 2.29. The molecule has 1 aromatic heterocycles. The summed E-state index contributed by atoms with van der Waals surface area (Å²) in [4.78, 5) is 3.94. The van der Waals surface area contributed by atoms with Crippen LogP contribution in [0.3, 0.4) is 0 Å². The van der Waals surface area contributed by atoms with Gasteiger partial charge in [-0.1, -0.05) is 12.1 Å². The number of hydrogen-bond donors (Lipinski definition) is 1. The van der Waals surface area contributed by atoms with E-state index >= 15 is 0 Å². The predicted octanol–water partition coefficient (Wildman–Crippen LogP) is 3.75. The lowest BCUT2D eigenvalue weighted by atomic mass is 10.1. The van der Waals surface area contributed by atoms with Gasteiger partial charge in [-0.3, -0.25) is 0 Å². The molecular weight excluding hydrogens is 269 g/mol. The van der Waals surface area contributed by atoms with E-state index in [1.54, 1.807) is 6.07 Å². The summed E-state index contributed by atoms with van der Waals surface area (Å²) in [5, 5.41) is 4.71. The highest BCUT2D eigenvalue weighted by atomic mass is 19.4. The number of halogens is 3. The second-order valence-corrected chi connectivity index (χ2v) is 4.84. The standard InChI is InChI=1S/C14H13F3N2O/c15-14(16,17)8-20-13-12-9(6-7-18-13)2-1-3-11(12)19-10-4-5-10/h1-3,6-7,10,19H,4-5,8H2. The van der Waals surface area contributed by atoms with Crippen molar-refractivity contribution in [1.82, 2.24) is 4.98 Å². The molecule has 3 rings (SSSR count). The first-order chi connectivity index (χ1) is 9.53. The third-order valence-corrected chi connectivity index (χ3v) is 3.07. The summed E-state index contributed by atoms with van der Waals surface area (Å²) in [6.45, 7) is -1.34. The number of anilines is 1. The van der Waals surface area contributed by atoms with Gasteiger partial charge in [-0.15, -0.1) is 0 Å². The van der Waals surface area contributed by atoms with Gasteiger partial charge in [0.1, 0.15) is 0 Å². The lowest BCUT2D eigenvalue weighted by Crippen LogP contribution is -2.19. The van der Waals surface area contributed by atoms with Crippen molar-refractivity contribution in [3.8, 4) is 5.88 Å². The number of alkyl halides is 3. The minimum absolute atomic E-state index is 0.0172. The summed E-state index contributed by atoms with van der Waals surface area (Å²) >= 11 is 0. The van der Waals surface area contributed by atoms with Crippen molar-refractivity contribution >= 4 is 16.5 Å². The molecule has 1 aliphatic rings. The number of aromatic nitrogens is 1. The van der Waals surface area contributed by atoms with Gasteiger partial charge < -0.3 is 10.1 Å². The number of pyridine rings is 1. The SMILES string of the molecule is FC(F)(F)COc1nccc2cccc(NC3CC3)c12. The zero-order valence-electron chi connectivity index (χ0n) is 10.6. The molecule has 1 N–H and O–H groups in total. The molecule has 0 radical (unpaired) electrons. The first-order valence-electron chi connectivity index (χ1n) is 6.37. The largest absolute Gasteiger partial charge is 0.468 e. The molecule has 1 aromatic carbocycles. The lowest BCUT2D eigenvalue weighted by molar-refractivity contribution is -0.153. The molecule has 0 aliphatic heterocycles. The quantitative estimate of drug-likeness (QED) is 0.927. The van der Waals surface area contributed by atoms with Crippen LogP contribution in [0.15, 0.2) is 30.5 Å². The molecule has 0 saturated heterocycles. The van der Waals surface area contributed by atoms with Crippen LogP contribution >= 0.6 is 0 Å². The summed E-state index contributed by atoms with van der Waals surface area (Å²) in [7, 11) is 0. The average Bonchev–Trinajstić information content (AvgIpc) is 3.19. The Bertz CT molecular complexity index is 618. The fourth-order valence-electron chi connectivity index (χ4n) is 2.03. The van der Waals surface area contributed by atoms with Gasteiger partial charge in [0.2, 0.25) is 5.88 Å². The maximum Gasteiger partial charge on any atom is 0.422 e. The molecule has 1 heterocycles. The van der Waals surface area contributed by atoms with Crippen molar-refractivity contribution < 1.29 is 17.9 Å². The predicted molar refractivity (Wildman–Crippen MR) is 69.9 cm³/mol. The number of benzene rings is 1. The van der Waals surface area contributed by atoms with Crippen LogP contribution in [0.25, 0.3) is 10.8 Å². The normalized spacial score (nSPS) is 15.3. The Hall–Kier alpha value is -1.98. The fourth-order valence-corrected chi connectivity index (χ4v) is 2.03. The maximum absolute atomic E-state index is 12.3. The zero-order chi connectivity index (χ0) is 14.2. The van der Waals surface area contributed by atoms with Gasteiger partial charge in [-0.2, -0.15) is 13.2 Å². The summed E-state index contributed by atoms with van der Waals surface area (Å²) < 4.78 is 41.7. The van der Waals surface area contributed by atoms with Crippen LogP contribution in [-0.4, -0.2) is 23.8 Å². The molecule has 6 heteroatoms. The van der Waals surface area contributed by atoms with E-state index in [0.717, 1.165) is 23.9 Å². The minimum atomic E-state index is -4.37. The van der Waals surface area contributed by atoms with Gasteiger partial charge in [-0.25, -0.2) is 4.98 Å². The highest BCUT2D eigenvalue weighted by Crippen LogP contribution is 2.34. The molecule has 106 valence electrons. The van der Waals surface area contributed by atoms with Crippen LogP contribution in [0.4, 0.5) is 18.9 Å². The molecule has 20 heavy (non-hydrogen) atoms. The molecule has 2 aromatic rings. The van der Waals surface area contributed by atoms with E-state index in [1.165, 1.54) is 6.20 Å². The van der Waals surface area contributed by atoms with E-state index in [0.29, 0.717) is 11.4 Å². The van der Waals surface area contributed by atoms with Crippen molar-refractivity contribution in [2.75, 3.05) is 11.9 Å². The second kappa shape index (κ2) is 4.85. The number of fused-ring (bicyclic) bond motifs is 1. The summed E-state index contributed by atoms with van der Waals surface area (Å²) in [5.41, 5.74) is 0.773. The Kier molecular flexibility index (Phi) is 3.16. The number of hydrogen-bond acceptors (Lipinski definition) is 3. The van der Waals surface area contributed by atoms with Gasteiger partial charge in [0.15, 0.2) is 6.61 Å². The smallest absolute Gasteiger partial charge is 0.422 e. The van der Waals surface area contributed by atoms with Gasteiger partial charge in [0.05, 0.1) is 5.39 Å². The van der Waals surface area contributed by atoms with E-state index < -0.39 is 12.8 Å². The number of nitrogens with one attached hydrogen (secondary N) is 1. The van der Waals surface area contributed by atoms with E-state index in [9.17, 15) is 13.2 Å². The van der Waals surface area contributed by atoms with Gasteiger partial charge in [0, 0.05) is 17.9 Å². The van der Waals surface area contributed by atoms with Crippen LogP contribution in [-0.2, 0) is 0 Å². The number of rotatable bonds is 4. The molecule has 0 spiro atoms. The third kappa shape index (κ3) is 2.95. The number of ether oxygens (including phenoxy) is 1. The Balaban J connectivity index is 1.97. The average molecular weight is 282 g/mol. The molecular formula is C14H13F3N2O. The van der Waals surface area contributed by atoms with Crippen molar-refractivity contribution in [3.63, 3.8) is 0 Å². The monoisotopic (exact) mass is 282 g/mol. The fraction of sp³-hybridized carbons (Fsp3) is 0.357. The van der Waals surface area contributed by atoms with E-state index in [-0.39, 0.29) is 5.88 Å². The topological polar surface area (TPSA) is 34.1 Å². The number of nitrogens with zero attached hydrogens (tertiary/aromatic N) is 1. The first-order valence-corrected chi connectivity index (χ1v) is 6.37. The van der Waals surface area contributed by atoms with Crippen LogP contribution < -0.4 is 10.1 Å². The molecule has 0 bridgehead atoms. The Morgan fingerprint density at radius 3 is 2.75 bits per heavy atom. The molecule has 3 nitrogen and oxygen atoms in total. The summed E-state index contributed by atoms with van der Waals surface area (Å²) in [6.07, 6.45) is -0.761. The van der Waals surface area contributed by atoms with E-state index in [4.69, 9.17) is 4.74 Å². The van der Waals surface area contributed by atoms with E-state index in [1.807, 2.05) is 18.2 Å². The van der Waals surface area contributed by atoms with Crippen LogP contribution in [0, 0.1) is 0 Å². The molecule has 0 atom stereocenters. The van der Waals surface area contributed by atoms with E-state index in [2.05, 4.69) is 10.3 Å². The lowest BCUT2D eigenvalue weighted by Gasteiger charge is -2.14. The first kappa shape index (κ1) is 13.0. The summed E-state index contributed by atoms with van der Waals surface area (Å²) in [5.74, 6) is 0.0172. The molecule has 0 amide bonds. The van der Waals surface area contributed by atoms with Crippen LogP contribution in [0.2, 0.25) is 0 Å². The second-order valence-electron chi connectivity index (χ2n) is 4.84. The minimum Gasteiger partial charge on any atom is -0.468 e. The third-order valence-electron chi connectivity index (χ3n) is 3.07. The van der Waals surface area contributed by atoms with Crippen LogP contribution in [0.1, 0.15) is 12.8 Å². The van der Waals surface area contributed by atoms with Gasteiger partial charge >= 0.3 is 6.18 Å². The summed E-state index contributed by atoms with van der Waals surface area (Å²) in [6, 6.07) is 7.68. The van der Waals surface area contributed by atoms with Crippen molar-refractivity contribution in [2.45, 2.75) is 25.1 Å². The maximum atomic E-state index is 12.3. The van der Waals surface area contributed by atoms with Crippen molar-refractivity contribution in [3.05, 3.63) is 30.5 Å². The van der Waals surface area contributed by atoms with Gasteiger partial charge in [-0.05, 0) is 30.4 Å². The van der Waals surface area contributed by atoms with Gasteiger partial charge in [0.25, 0.3) is 0 Å². The molecule has 1 fully saturated rings. The molecule has 1 saturated carbocycles. The Labute approximate surface area is 113 Å². The Morgan fingerprint density at radius 1 is 1.25 bits per heavy atom. The van der Waals surface area contributed by atoms with Crippen molar-refractivity contribution in [1.29, 1.82) is 0 Å². The zero-order valence-corrected chi connectivity index (χ0v) is 10.6.